The van der Waals surface area contributed by atoms with Crippen LogP contribution in [-0.2, 0) is 24.7 Å². The Balaban J connectivity index is 1.81. The van der Waals surface area contributed by atoms with E-state index < -0.39 is 19.9 Å². The molecule has 10 heteroatoms. The predicted octanol–water partition coefficient (Wildman–Crippen LogP) is -1.40. The summed E-state index contributed by atoms with van der Waals surface area (Å²) in [5.41, 5.74) is 0. The van der Waals surface area contributed by atoms with Crippen LogP contribution in [-0.4, -0.2) is 100 Å². The van der Waals surface area contributed by atoms with Crippen LogP contribution in [0.4, 0.5) is 0 Å². The molecule has 134 valence electrons. The minimum absolute atomic E-state index is 0.138. The number of likely N-dealkylation sites (N-methyl/N-ethyl adjacent to an activating group) is 1. The molecule has 2 heterocycles. The van der Waals surface area contributed by atoms with E-state index in [9.17, 15) is 21.6 Å². The van der Waals surface area contributed by atoms with Crippen molar-refractivity contribution in [2.24, 2.45) is 0 Å². The van der Waals surface area contributed by atoms with Crippen LogP contribution in [0.25, 0.3) is 0 Å². The summed E-state index contributed by atoms with van der Waals surface area (Å²) in [5, 5.41) is 0. The number of amides is 1. The Morgan fingerprint density at radius 3 is 2.13 bits per heavy atom. The largest absolute Gasteiger partial charge is 0.339 e. The molecular formula is C13H25N3O5S2. The van der Waals surface area contributed by atoms with Gasteiger partial charge in [0, 0.05) is 39.3 Å². The molecule has 0 bridgehead atoms. The fourth-order valence-corrected chi connectivity index (χ4v) is 4.80. The second-order valence-electron chi connectivity index (χ2n) is 6.32. The van der Waals surface area contributed by atoms with E-state index in [1.54, 1.807) is 4.90 Å². The third kappa shape index (κ3) is 5.13. The zero-order valence-electron chi connectivity index (χ0n) is 13.6. The summed E-state index contributed by atoms with van der Waals surface area (Å²) in [6, 6.07) is 0.273. The fraction of sp³-hybridized carbons (Fsp3) is 0.923. The van der Waals surface area contributed by atoms with Gasteiger partial charge in [-0.2, -0.15) is 4.31 Å². The van der Waals surface area contributed by atoms with Crippen molar-refractivity contribution in [2.45, 2.75) is 18.9 Å². The first-order valence-corrected chi connectivity index (χ1v) is 11.4. The molecule has 0 aliphatic carbocycles. The summed E-state index contributed by atoms with van der Waals surface area (Å²) in [5.74, 6) is 0.301. The van der Waals surface area contributed by atoms with Crippen molar-refractivity contribution < 1.29 is 21.6 Å². The van der Waals surface area contributed by atoms with Gasteiger partial charge >= 0.3 is 0 Å². The summed E-state index contributed by atoms with van der Waals surface area (Å²) < 4.78 is 46.7. The highest BCUT2D eigenvalue weighted by Crippen LogP contribution is 2.19. The summed E-state index contributed by atoms with van der Waals surface area (Å²) in [6.07, 6.45) is 2.40. The second kappa shape index (κ2) is 7.04. The third-order valence-corrected chi connectivity index (χ3v) is 7.61. The van der Waals surface area contributed by atoms with Crippen molar-refractivity contribution in [2.75, 3.05) is 57.5 Å². The lowest BCUT2D eigenvalue weighted by Gasteiger charge is -2.40. The van der Waals surface area contributed by atoms with E-state index in [2.05, 4.69) is 4.90 Å². The number of carbonyl (C=O) groups is 1. The van der Waals surface area contributed by atoms with Gasteiger partial charge in [0.1, 0.15) is 9.84 Å². The van der Waals surface area contributed by atoms with E-state index in [4.69, 9.17) is 0 Å². The highest BCUT2D eigenvalue weighted by atomic mass is 32.2. The van der Waals surface area contributed by atoms with Crippen LogP contribution in [0.1, 0.15) is 12.8 Å². The Morgan fingerprint density at radius 2 is 1.65 bits per heavy atom. The molecule has 0 unspecified atom stereocenters. The van der Waals surface area contributed by atoms with Gasteiger partial charge in [-0.05, 0) is 12.8 Å². The minimum Gasteiger partial charge on any atom is -0.339 e. The van der Waals surface area contributed by atoms with Crippen LogP contribution in [0.2, 0.25) is 0 Å². The first kappa shape index (κ1) is 18.6. The molecule has 2 saturated heterocycles. The van der Waals surface area contributed by atoms with Crippen LogP contribution < -0.4 is 0 Å². The predicted molar refractivity (Wildman–Crippen MR) is 87.3 cm³/mol. The molecule has 23 heavy (non-hydrogen) atoms. The zero-order chi connectivity index (χ0) is 17.3. The number of nitrogens with zero attached hydrogens (tertiary/aromatic N) is 3. The van der Waals surface area contributed by atoms with Gasteiger partial charge in [-0.3, -0.25) is 9.69 Å². The fourth-order valence-electron chi connectivity index (χ4n) is 2.99. The average Bonchev–Trinajstić information content (AvgIpc) is 2.46. The summed E-state index contributed by atoms with van der Waals surface area (Å²) in [7, 11) is -4.82. The number of carbonyl (C=O) groups excluding carboxylic acids is 1. The average molecular weight is 367 g/mol. The standard InChI is InChI=1S/C13H25N3O5S2/c1-14(22(2,18)19)11-13(17)16-7-5-15(6-8-16)12-3-9-23(20,21)10-4-12/h12H,3-11H2,1-2H3. The van der Waals surface area contributed by atoms with Crippen molar-refractivity contribution in [3.63, 3.8) is 0 Å². The third-order valence-electron chi connectivity index (χ3n) is 4.63. The molecule has 2 aliphatic rings. The van der Waals surface area contributed by atoms with Crippen molar-refractivity contribution >= 4 is 25.8 Å². The lowest BCUT2D eigenvalue weighted by molar-refractivity contribution is -0.133. The van der Waals surface area contributed by atoms with Crippen LogP contribution >= 0.6 is 0 Å². The van der Waals surface area contributed by atoms with Gasteiger partial charge in [-0.25, -0.2) is 16.8 Å². The Labute approximate surface area is 138 Å². The first-order chi connectivity index (χ1) is 10.6. The van der Waals surface area contributed by atoms with Gasteiger partial charge in [0.05, 0.1) is 24.3 Å². The Kier molecular flexibility index (Phi) is 5.70. The molecule has 0 aromatic heterocycles. The van der Waals surface area contributed by atoms with Gasteiger partial charge in [-0.1, -0.05) is 0 Å². The Hall–Kier alpha value is -0.710. The number of hydrogen-bond donors (Lipinski definition) is 0. The van der Waals surface area contributed by atoms with Crippen molar-refractivity contribution in [1.82, 2.24) is 14.1 Å². The normalized spacial score (nSPS) is 24.0. The van der Waals surface area contributed by atoms with E-state index in [1.807, 2.05) is 0 Å². The molecule has 0 N–H and O–H groups in total. The van der Waals surface area contributed by atoms with E-state index in [0.29, 0.717) is 39.0 Å². The number of hydrogen-bond acceptors (Lipinski definition) is 6. The number of piperazine rings is 1. The highest BCUT2D eigenvalue weighted by Gasteiger charge is 2.31. The Bertz CT molecular complexity index is 625. The maximum Gasteiger partial charge on any atom is 0.237 e. The van der Waals surface area contributed by atoms with Gasteiger partial charge < -0.3 is 4.90 Å². The molecule has 0 radical (unpaired) electrons. The number of rotatable bonds is 4. The molecule has 0 spiro atoms. The van der Waals surface area contributed by atoms with Crippen molar-refractivity contribution in [3.8, 4) is 0 Å². The molecule has 1 amide bonds. The van der Waals surface area contributed by atoms with E-state index in [0.717, 1.165) is 10.6 Å². The molecule has 0 aromatic carbocycles. The second-order valence-corrected chi connectivity index (χ2v) is 10.7. The number of sulfonamides is 1. The quantitative estimate of drug-likeness (QED) is 0.606. The highest BCUT2D eigenvalue weighted by molar-refractivity contribution is 7.91. The molecule has 2 aliphatic heterocycles. The van der Waals surface area contributed by atoms with Crippen LogP contribution in [0.5, 0.6) is 0 Å². The maximum atomic E-state index is 12.1. The van der Waals surface area contributed by atoms with Gasteiger partial charge in [0.15, 0.2) is 0 Å². The molecule has 0 aromatic rings. The van der Waals surface area contributed by atoms with Crippen molar-refractivity contribution in [3.05, 3.63) is 0 Å². The van der Waals surface area contributed by atoms with Gasteiger partial charge in [0.2, 0.25) is 15.9 Å². The summed E-state index contributed by atoms with van der Waals surface area (Å²) in [4.78, 5) is 16.1. The summed E-state index contributed by atoms with van der Waals surface area (Å²) in [6.45, 7) is 2.39. The topological polar surface area (TPSA) is 95.1 Å². The monoisotopic (exact) mass is 367 g/mol. The number of sulfone groups is 1. The molecule has 0 saturated carbocycles. The lowest BCUT2D eigenvalue weighted by atomic mass is 10.1. The lowest BCUT2D eigenvalue weighted by Crippen LogP contribution is -2.54. The molecule has 8 nitrogen and oxygen atoms in total. The first-order valence-electron chi connectivity index (χ1n) is 7.72. The molecule has 2 rings (SSSR count). The zero-order valence-corrected chi connectivity index (χ0v) is 15.3. The molecule has 2 fully saturated rings. The van der Waals surface area contributed by atoms with Crippen LogP contribution in [0.3, 0.4) is 0 Å². The molecule has 0 atom stereocenters. The smallest absolute Gasteiger partial charge is 0.237 e. The maximum absolute atomic E-state index is 12.1. The minimum atomic E-state index is -3.36. The van der Waals surface area contributed by atoms with Crippen LogP contribution in [0.15, 0.2) is 0 Å². The van der Waals surface area contributed by atoms with E-state index in [1.165, 1.54) is 7.05 Å². The molecular weight excluding hydrogens is 342 g/mol. The van der Waals surface area contributed by atoms with Crippen LogP contribution in [0, 0.1) is 0 Å². The van der Waals surface area contributed by atoms with Crippen molar-refractivity contribution in [1.29, 1.82) is 0 Å². The van der Waals surface area contributed by atoms with Gasteiger partial charge in [0.25, 0.3) is 0 Å². The van der Waals surface area contributed by atoms with Gasteiger partial charge in [-0.15, -0.1) is 0 Å². The summed E-state index contributed by atoms with van der Waals surface area (Å²) >= 11 is 0. The SMILES string of the molecule is CN(CC(=O)N1CCN(C2CCS(=O)(=O)CC2)CC1)S(C)(=O)=O. The Morgan fingerprint density at radius 1 is 1.13 bits per heavy atom. The van der Waals surface area contributed by atoms with E-state index in [-0.39, 0.29) is 30.0 Å². The van der Waals surface area contributed by atoms with E-state index >= 15 is 0 Å².